The molecule has 1 unspecified atom stereocenters. The van der Waals surface area contributed by atoms with Gasteiger partial charge in [-0.25, -0.2) is 0 Å². The van der Waals surface area contributed by atoms with Gasteiger partial charge in [-0.2, -0.15) is 0 Å². The SMILES string of the molecule is O=C1C=CCC[C@@H]1C(O)c1ccccc1Br. The predicted molar refractivity (Wildman–Crippen MR) is 66.0 cm³/mol. The van der Waals surface area contributed by atoms with Gasteiger partial charge in [0.15, 0.2) is 5.78 Å². The fraction of sp³-hybridized carbons (Fsp3) is 0.308. The maximum atomic E-state index is 11.7. The lowest BCUT2D eigenvalue weighted by Gasteiger charge is -2.23. The number of carbonyl (C=O) groups is 1. The van der Waals surface area contributed by atoms with Gasteiger partial charge in [-0.05, 0) is 30.5 Å². The standard InChI is InChI=1S/C13H13BrO2/c14-11-7-3-1-5-9(11)13(16)10-6-2-4-8-12(10)15/h1,3-5,7-8,10,13,16H,2,6H2/t10-,13?/m0/s1. The lowest BCUT2D eigenvalue weighted by atomic mass is 9.85. The monoisotopic (exact) mass is 280 g/mol. The maximum Gasteiger partial charge on any atom is 0.161 e. The highest BCUT2D eigenvalue weighted by Gasteiger charge is 2.28. The third-order valence-corrected chi connectivity index (χ3v) is 3.62. The van der Waals surface area contributed by atoms with Crippen LogP contribution in [0.4, 0.5) is 0 Å². The quantitative estimate of drug-likeness (QED) is 0.904. The molecule has 1 aliphatic carbocycles. The largest absolute Gasteiger partial charge is 0.388 e. The highest BCUT2D eigenvalue weighted by Crippen LogP contribution is 2.33. The highest BCUT2D eigenvalue weighted by molar-refractivity contribution is 9.10. The summed E-state index contributed by atoms with van der Waals surface area (Å²) in [6, 6.07) is 7.48. The molecule has 1 N–H and O–H groups in total. The molecular weight excluding hydrogens is 268 g/mol. The molecule has 1 aromatic rings. The van der Waals surface area contributed by atoms with Crippen molar-refractivity contribution in [2.75, 3.05) is 0 Å². The molecule has 1 aromatic carbocycles. The van der Waals surface area contributed by atoms with Crippen molar-refractivity contribution in [3.05, 3.63) is 46.5 Å². The molecule has 0 aliphatic heterocycles. The molecule has 84 valence electrons. The second-order valence-electron chi connectivity index (χ2n) is 3.95. The second kappa shape index (κ2) is 4.93. The number of aliphatic hydroxyl groups is 1. The van der Waals surface area contributed by atoms with Crippen molar-refractivity contribution < 1.29 is 9.90 Å². The summed E-state index contributed by atoms with van der Waals surface area (Å²) in [7, 11) is 0. The van der Waals surface area contributed by atoms with E-state index in [9.17, 15) is 9.90 Å². The number of rotatable bonds is 2. The Morgan fingerprint density at radius 3 is 2.81 bits per heavy atom. The van der Waals surface area contributed by atoms with Crippen LogP contribution < -0.4 is 0 Å². The van der Waals surface area contributed by atoms with Gasteiger partial charge in [-0.1, -0.05) is 40.2 Å². The predicted octanol–water partition coefficient (Wildman–Crippen LogP) is 3.02. The third kappa shape index (κ3) is 2.25. The zero-order valence-electron chi connectivity index (χ0n) is 8.77. The topological polar surface area (TPSA) is 37.3 Å². The number of aliphatic hydroxyl groups excluding tert-OH is 1. The summed E-state index contributed by atoms with van der Waals surface area (Å²) in [4.78, 5) is 11.7. The maximum absolute atomic E-state index is 11.7. The molecule has 2 rings (SSSR count). The van der Waals surface area contributed by atoms with E-state index in [0.29, 0.717) is 0 Å². The summed E-state index contributed by atoms with van der Waals surface area (Å²) in [5, 5.41) is 10.2. The summed E-state index contributed by atoms with van der Waals surface area (Å²) in [6.07, 6.45) is 4.31. The van der Waals surface area contributed by atoms with Gasteiger partial charge in [0.25, 0.3) is 0 Å². The van der Waals surface area contributed by atoms with E-state index < -0.39 is 6.10 Å². The van der Waals surface area contributed by atoms with E-state index in [1.54, 1.807) is 6.08 Å². The van der Waals surface area contributed by atoms with Crippen molar-refractivity contribution in [1.82, 2.24) is 0 Å². The van der Waals surface area contributed by atoms with Gasteiger partial charge in [0.2, 0.25) is 0 Å². The van der Waals surface area contributed by atoms with Gasteiger partial charge < -0.3 is 5.11 Å². The molecule has 2 nitrogen and oxygen atoms in total. The first-order valence-electron chi connectivity index (χ1n) is 5.33. The summed E-state index contributed by atoms with van der Waals surface area (Å²) in [6.45, 7) is 0. The molecule has 0 radical (unpaired) electrons. The molecule has 0 fully saturated rings. The number of halogens is 1. The van der Waals surface area contributed by atoms with Crippen LogP contribution in [0.5, 0.6) is 0 Å². The second-order valence-corrected chi connectivity index (χ2v) is 4.81. The molecule has 0 amide bonds. The van der Waals surface area contributed by atoms with Gasteiger partial charge in [0.05, 0.1) is 12.0 Å². The van der Waals surface area contributed by atoms with Crippen LogP contribution in [0.1, 0.15) is 24.5 Å². The molecule has 3 heteroatoms. The summed E-state index contributed by atoms with van der Waals surface area (Å²) >= 11 is 3.39. The number of hydrogen-bond donors (Lipinski definition) is 1. The first-order chi connectivity index (χ1) is 7.70. The van der Waals surface area contributed by atoms with Gasteiger partial charge in [-0.15, -0.1) is 0 Å². The van der Waals surface area contributed by atoms with Crippen LogP contribution in [0.15, 0.2) is 40.9 Å². The van der Waals surface area contributed by atoms with Crippen LogP contribution in [-0.2, 0) is 4.79 Å². The van der Waals surface area contributed by atoms with Gasteiger partial charge in [0, 0.05) is 4.47 Å². The normalized spacial score (nSPS) is 22.1. The number of carbonyl (C=O) groups excluding carboxylic acids is 1. The first-order valence-corrected chi connectivity index (χ1v) is 6.12. The molecule has 0 bridgehead atoms. The zero-order valence-corrected chi connectivity index (χ0v) is 10.4. The van der Waals surface area contributed by atoms with Crippen LogP contribution in [0.2, 0.25) is 0 Å². The van der Waals surface area contributed by atoms with E-state index in [2.05, 4.69) is 15.9 Å². The Balaban J connectivity index is 2.25. The van der Waals surface area contributed by atoms with Crippen LogP contribution >= 0.6 is 15.9 Å². The molecular formula is C13H13BrO2. The summed E-state index contributed by atoms with van der Waals surface area (Å²) in [5.74, 6) is -0.279. The first kappa shape index (κ1) is 11.6. The summed E-state index contributed by atoms with van der Waals surface area (Å²) < 4.78 is 0.852. The molecule has 16 heavy (non-hydrogen) atoms. The van der Waals surface area contributed by atoms with E-state index in [4.69, 9.17) is 0 Å². The van der Waals surface area contributed by atoms with Crippen molar-refractivity contribution in [1.29, 1.82) is 0 Å². The van der Waals surface area contributed by atoms with Crippen LogP contribution in [-0.4, -0.2) is 10.9 Å². The Labute approximate surface area is 103 Å². The molecule has 2 atom stereocenters. The van der Waals surface area contributed by atoms with Crippen molar-refractivity contribution in [2.45, 2.75) is 18.9 Å². The number of hydrogen-bond acceptors (Lipinski definition) is 2. The van der Waals surface area contributed by atoms with E-state index >= 15 is 0 Å². The Kier molecular flexibility index (Phi) is 3.56. The fourth-order valence-corrected chi connectivity index (χ4v) is 2.51. The molecule has 0 aromatic heterocycles. The number of allylic oxidation sites excluding steroid dienone is 2. The van der Waals surface area contributed by atoms with Crippen LogP contribution in [0.3, 0.4) is 0 Å². The average Bonchev–Trinajstić information content (AvgIpc) is 2.29. The zero-order chi connectivity index (χ0) is 11.5. The lowest BCUT2D eigenvalue weighted by molar-refractivity contribution is -0.122. The van der Waals surface area contributed by atoms with E-state index in [0.717, 1.165) is 22.9 Å². The minimum absolute atomic E-state index is 0.0227. The Hall–Kier alpha value is -0.930. The molecule has 0 heterocycles. The highest BCUT2D eigenvalue weighted by atomic mass is 79.9. The Bertz CT molecular complexity index is 426. The van der Waals surface area contributed by atoms with Crippen molar-refractivity contribution in [3.8, 4) is 0 Å². The summed E-state index contributed by atoms with van der Waals surface area (Å²) in [5.41, 5.74) is 0.788. The smallest absolute Gasteiger partial charge is 0.161 e. The fourth-order valence-electron chi connectivity index (χ4n) is 1.99. The van der Waals surface area contributed by atoms with Crippen molar-refractivity contribution in [3.63, 3.8) is 0 Å². The average molecular weight is 281 g/mol. The van der Waals surface area contributed by atoms with E-state index in [-0.39, 0.29) is 11.7 Å². The van der Waals surface area contributed by atoms with E-state index in [1.165, 1.54) is 0 Å². The molecule has 0 spiro atoms. The van der Waals surface area contributed by atoms with Crippen molar-refractivity contribution in [2.24, 2.45) is 5.92 Å². The molecule has 1 aliphatic rings. The third-order valence-electron chi connectivity index (χ3n) is 2.90. The molecule has 0 saturated heterocycles. The van der Waals surface area contributed by atoms with Crippen molar-refractivity contribution >= 4 is 21.7 Å². The van der Waals surface area contributed by atoms with Crippen LogP contribution in [0, 0.1) is 5.92 Å². The van der Waals surface area contributed by atoms with Crippen LogP contribution in [0.25, 0.3) is 0 Å². The Morgan fingerprint density at radius 2 is 2.12 bits per heavy atom. The molecule has 0 saturated carbocycles. The Morgan fingerprint density at radius 1 is 1.38 bits per heavy atom. The lowest BCUT2D eigenvalue weighted by Crippen LogP contribution is -2.23. The minimum Gasteiger partial charge on any atom is -0.388 e. The number of benzene rings is 1. The van der Waals surface area contributed by atoms with E-state index in [1.807, 2.05) is 30.3 Å². The minimum atomic E-state index is -0.715. The van der Waals surface area contributed by atoms with Gasteiger partial charge >= 0.3 is 0 Å². The van der Waals surface area contributed by atoms with Gasteiger partial charge in [0.1, 0.15) is 0 Å². The number of ketones is 1. The van der Waals surface area contributed by atoms with Gasteiger partial charge in [-0.3, -0.25) is 4.79 Å².